The molecule has 0 radical (unpaired) electrons. The molecule has 1 amide bonds. The van der Waals surface area contributed by atoms with Crippen molar-refractivity contribution in [2.75, 3.05) is 11.9 Å². The van der Waals surface area contributed by atoms with Crippen molar-refractivity contribution >= 4 is 34.9 Å². The van der Waals surface area contributed by atoms with Gasteiger partial charge in [0.2, 0.25) is 11.2 Å². The molecule has 2 N–H and O–H groups in total. The van der Waals surface area contributed by atoms with Gasteiger partial charge in [-0.2, -0.15) is 4.98 Å². The highest BCUT2D eigenvalue weighted by Crippen LogP contribution is 2.20. The fourth-order valence-corrected chi connectivity index (χ4v) is 1.43. The van der Waals surface area contributed by atoms with Crippen LogP contribution < -0.4 is 10.6 Å². The van der Waals surface area contributed by atoms with Crippen LogP contribution in [0.2, 0.25) is 10.3 Å². The molecule has 1 saturated carbocycles. The highest BCUT2D eigenvalue weighted by Gasteiger charge is 2.22. The first-order valence-electron chi connectivity index (χ1n) is 4.86. The number of amides is 1. The highest BCUT2D eigenvalue weighted by atomic mass is 35.5. The summed E-state index contributed by atoms with van der Waals surface area (Å²) in [6.07, 6.45) is 3.51. The maximum atomic E-state index is 11.4. The van der Waals surface area contributed by atoms with E-state index in [1.165, 1.54) is 6.20 Å². The van der Waals surface area contributed by atoms with Gasteiger partial charge in [-0.15, -0.1) is 0 Å². The molecule has 2 rings (SSSR count). The van der Waals surface area contributed by atoms with Crippen LogP contribution in [0.25, 0.3) is 0 Å². The van der Waals surface area contributed by atoms with Crippen LogP contribution in [0.4, 0.5) is 5.82 Å². The summed E-state index contributed by atoms with van der Waals surface area (Å²) in [5.74, 6) is 0.293. The summed E-state index contributed by atoms with van der Waals surface area (Å²) in [5, 5.41) is 6.07. The van der Waals surface area contributed by atoms with Gasteiger partial charge in [0.15, 0.2) is 0 Å². The first-order chi connectivity index (χ1) is 7.65. The molecule has 1 fully saturated rings. The SMILES string of the molecule is O=C(CNc1nc(Cl)ncc1Cl)NC1CC1. The molecule has 1 aliphatic carbocycles. The summed E-state index contributed by atoms with van der Waals surface area (Å²) in [7, 11) is 0. The highest BCUT2D eigenvalue weighted by molar-refractivity contribution is 6.33. The van der Waals surface area contributed by atoms with E-state index in [2.05, 4.69) is 20.6 Å². The third-order valence-corrected chi connectivity index (χ3v) is 2.53. The molecule has 1 aromatic rings. The largest absolute Gasteiger partial charge is 0.360 e. The smallest absolute Gasteiger partial charge is 0.239 e. The van der Waals surface area contributed by atoms with Crippen molar-refractivity contribution in [3.05, 3.63) is 16.5 Å². The van der Waals surface area contributed by atoms with Crippen molar-refractivity contribution in [2.45, 2.75) is 18.9 Å². The molecule has 0 aliphatic heterocycles. The minimum absolute atomic E-state index is 0.0756. The van der Waals surface area contributed by atoms with Gasteiger partial charge in [-0.25, -0.2) is 4.98 Å². The molecule has 0 unspecified atom stereocenters. The molecular formula is C9H10Cl2N4O. The lowest BCUT2D eigenvalue weighted by atomic mass is 10.5. The third-order valence-electron chi connectivity index (χ3n) is 2.07. The second-order valence-corrected chi connectivity index (χ2v) is 4.28. The van der Waals surface area contributed by atoms with Gasteiger partial charge in [-0.3, -0.25) is 4.79 Å². The number of carbonyl (C=O) groups excluding carboxylic acids is 1. The molecule has 7 heteroatoms. The molecule has 0 spiro atoms. The Morgan fingerprint density at radius 1 is 1.50 bits per heavy atom. The number of hydrogen-bond acceptors (Lipinski definition) is 4. The predicted molar refractivity (Wildman–Crippen MR) is 61.7 cm³/mol. The Bertz CT molecular complexity index is 408. The van der Waals surface area contributed by atoms with Gasteiger partial charge in [0.25, 0.3) is 0 Å². The molecule has 0 saturated heterocycles. The van der Waals surface area contributed by atoms with E-state index >= 15 is 0 Å². The standard InChI is InChI=1S/C9H10Cl2N4O/c10-6-3-13-9(11)15-8(6)12-4-7(16)14-5-1-2-5/h3,5H,1-2,4H2,(H,14,16)(H,12,13,15). The van der Waals surface area contributed by atoms with E-state index in [-0.39, 0.29) is 17.7 Å². The zero-order valence-corrected chi connectivity index (χ0v) is 9.85. The fraction of sp³-hybridized carbons (Fsp3) is 0.444. The van der Waals surface area contributed by atoms with Crippen molar-refractivity contribution in [3.8, 4) is 0 Å². The molecule has 1 aliphatic rings. The first kappa shape index (κ1) is 11.4. The Morgan fingerprint density at radius 2 is 2.25 bits per heavy atom. The Balaban J connectivity index is 1.87. The quantitative estimate of drug-likeness (QED) is 0.805. The van der Waals surface area contributed by atoms with Crippen molar-refractivity contribution in [1.82, 2.24) is 15.3 Å². The lowest BCUT2D eigenvalue weighted by Crippen LogP contribution is -2.31. The van der Waals surface area contributed by atoms with E-state index in [0.717, 1.165) is 12.8 Å². The number of rotatable bonds is 4. The Hall–Kier alpha value is -1.07. The van der Waals surface area contributed by atoms with Crippen molar-refractivity contribution < 1.29 is 4.79 Å². The molecule has 0 atom stereocenters. The maximum absolute atomic E-state index is 11.4. The molecule has 1 aromatic heterocycles. The first-order valence-corrected chi connectivity index (χ1v) is 5.62. The Kier molecular flexibility index (Phi) is 3.46. The van der Waals surface area contributed by atoms with Crippen LogP contribution in [0, 0.1) is 0 Å². The third kappa shape index (κ3) is 3.21. The number of nitrogens with one attached hydrogen (secondary N) is 2. The van der Waals surface area contributed by atoms with Crippen LogP contribution in [0.3, 0.4) is 0 Å². The number of halogens is 2. The summed E-state index contributed by atoms with van der Waals surface area (Å²) in [6, 6.07) is 0.346. The van der Waals surface area contributed by atoms with Crippen molar-refractivity contribution in [2.24, 2.45) is 0 Å². The summed E-state index contributed by atoms with van der Waals surface area (Å²) < 4.78 is 0. The van der Waals surface area contributed by atoms with E-state index in [1.807, 2.05) is 0 Å². The minimum atomic E-state index is -0.0756. The van der Waals surface area contributed by atoms with Crippen molar-refractivity contribution in [1.29, 1.82) is 0 Å². The minimum Gasteiger partial charge on any atom is -0.360 e. The molecule has 1 heterocycles. The Morgan fingerprint density at radius 3 is 2.94 bits per heavy atom. The van der Waals surface area contributed by atoms with Crippen LogP contribution in [0.15, 0.2) is 6.20 Å². The number of hydrogen-bond donors (Lipinski definition) is 2. The van der Waals surface area contributed by atoms with Gasteiger partial charge in [-0.1, -0.05) is 11.6 Å². The summed E-state index contributed by atoms with van der Waals surface area (Å²) in [4.78, 5) is 18.9. The van der Waals surface area contributed by atoms with E-state index in [9.17, 15) is 4.79 Å². The van der Waals surface area contributed by atoms with Gasteiger partial charge in [0, 0.05) is 6.04 Å². The second-order valence-electron chi connectivity index (χ2n) is 3.53. The Labute approximate surface area is 103 Å². The summed E-state index contributed by atoms with van der Waals surface area (Å²) in [5.41, 5.74) is 0. The maximum Gasteiger partial charge on any atom is 0.239 e. The van der Waals surface area contributed by atoms with Crippen LogP contribution >= 0.6 is 23.2 Å². The number of anilines is 1. The zero-order valence-electron chi connectivity index (χ0n) is 8.33. The van der Waals surface area contributed by atoms with Crippen LogP contribution in [-0.2, 0) is 4.79 Å². The lowest BCUT2D eigenvalue weighted by Gasteiger charge is -2.07. The zero-order chi connectivity index (χ0) is 11.5. The molecule has 86 valence electrons. The molecular weight excluding hydrogens is 251 g/mol. The van der Waals surface area contributed by atoms with E-state index in [4.69, 9.17) is 23.2 Å². The number of aromatic nitrogens is 2. The van der Waals surface area contributed by atoms with Gasteiger partial charge < -0.3 is 10.6 Å². The molecule has 0 aromatic carbocycles. The van der Waals surface area contributed by atoms with Crippen LogP contribution in [0.5, 0.6) is 0 Å². The van der Waals surface area contributed by atoms with Crippen LogP contribution in [-0.4, -0.2) is 28.5 Å². The number of carbonyl (C=O) groups is 1. The topological polar surface area (TPSA) is 66.9 Å². The van der Waals surface area contributed by atoms with Gasteiger partial charge in [-0.05, 0) is 24.4 Å². The monoisotopic (exact) mass is 260 g/mol. The van der Waals surface area contributed by atoms with E-state index < -0.39 is 0 Å². The van der Waals surface area contributed by atoms with Crippen LogP contribution in [0.1, 0.15) is 12.8 Å². The molecule has 16 heavy (non-hydrogen) atoms. The van der Waals surface area contributed by atoms with Gasteiger partial charge in [0.05, 0.1) is 12.7 Å². The average Bonchev–Trinajstić information content (AvgIpc) is 3.03. The van der Waals surface area contributed by atoms with E-state index in [1.54, 1.807) is 0 Å². The van der Waals surface area contributed by atoms with Gasteiger partial charge >= 0.3 is 0 Å². The molecule has 5 nitrogen and oxygen atoms in total. The van der Waals surface area contributed by atoms with E-state index in [0.29, 0.717) is 16.9 Å². The normalized spacial score (nSPS) is 14.6. The lowest BCUT2D eigenvalue weighted by molar-refractivity contribution is -0.119. The fourth-order valence-electron chi connectivity index (χ4n) is 1.14. The predicted octanol–water partition coefficient (Wildman–Crippen LogP) is 1.47. The van der Waals surface area contributed by atoms with Crippen molar-refractivity contribution in [3.63, 3.8) is 0 Å². The summed E-state index contributed by atoms with van der Waals surface area (Å²) >= 11 is 11.4. The van der Waals surface area contributed by atoms with Gasteiger partial charge in [0.1, 0.15) is 10.8 Å². The summed E-state index contributed by atoms with van der Waals surface area (Å²) in [6.45, 7) is 0.129. The molecule has 0 bridgehead atoms. The number of nitrogens with zero attached hydrogens (tertiary/aromatic N) is 2. The average molecular weight is 261 g/mol. The second kappa shape index (κ2) is 4.84.